The van der Waals surface area contributed by atoms with Gasteiger partial charge in [-0.2, -0.15) is 0 Å². The average Bonchev–Trinajstić information content (AvgIpc) is 2.36. The first-order valence-corrected chi connectivity index (χ1v) is 5.75. The lowest BCUT2D eigenvalue weighted by Gasteiger charge is -2.25. The van der Waals surface area contributed by atoms with Gasteiger partial charge in [0.1, 0.15) is 0 Å². The van der Waals surface area contributed by atoms with Gasteiger partial charge >= 0.3 is 0 Å². The Kier molecular flexibility index (Phi) is 6.29. The zero-order chi connectivity index (χ0) is 12.5. The zero-order valence-electron chi connectivity index (χ0n) is 10.6. The zero-order valence-corrected chi connectivity index (χ0v) is 10.6. The normalized spacial score (nSPS) is 10.2. The Labute approximate surface area is 103 Å². The molecular formula is C13H21N3O. The molecule has 0 unspecified atom stereocenters. The van der Waals surface area contributed by atoms with Crippen molar-refractivity contribution in [2.24, 2.45) is 0 Å². The summed E-state index contributed by atoms with van der Waals surface area (Å²) < 4.78 is 5.13. The topological polar surface area (TPSA) is 37.4 Å². The van der Waals surface area contributed by atoms with Crippen molar-refractivity contribution in [1.82, 2.24) is 10.3 Å². The van der Waals surface area contributed by atoms with Crippen molar-refractivity contribution in [1.29, 1.82) is 0 Å². The molecule has 1 aromatic rings. The quantitative estimate of drug-likeness (QED) is 0.692. The van der Waals surface area contributed by atoms with Crippen LogP contribution in [-0.4, -0.2) is 38.8 Å². The van der Waals surface area contributed by atoms with Gasteiger partial charge < -0.3 is 15.0 Å². The predicted molar refractivity (Wildman–Crippen MR) is 71.3 cm³/mol. The number of anilines is 1. The molecule has 0 amide bonds. The van der Waals surface area contributed by atoms with Gasteiger partial charge in [0, 0.05) is 50.4 Å². The Bertz CT molecular complexity index is 341. The molecule has 1 rings (SSSR count). The van der Waals surface area contributed by atoms with Crippen LogP contribution < -0.4 is 10.2 Å². The highest BCUT2D eigenvalue weighted by atomic mass is 16.5. The lowest BCUT2D eigenvalue weighted by molar-refractivity contribution is 0.205. The average molecular weight is 235 g/mol. The van der Waals surface area contributed by atoms with Crippen LogP contribution in [0.15, 0.2) is 31.1 Å². The number of aromatic nitrogens is 1. The first-order chi connectivity index (χ1) is 8.33. The van der Waals surface area contributed by atoms with Gasteiger partial charge in [-0.1, -0.05) is 6.08 Å². The summed E-state index contributed by atoms with van der Waals surface area (Å²) in [5, 5.41) is 3.15. The molecule has 0 aliphatic carbocycles. The standard InChI is InChI=1S/C13H21N3O/c1-4-7-16(8-9-17-3)13-5-6-15-11-12(13)10-14-2/h4-6,11,14H,1,7-10H2,2-3H3. The fraction of sp³-hybridized carbons (Fsp3) is 0.462. The first-order valence-electron chi connectivity index (χ1n) is 5.75. The number of hydrogen-bond acceptors (Lipinski definition) is 4. The molecule has 0 radical (unpaired) electrons. The van der Waals surface area contributed by atoms with E-state index in [0.717, 1.165) is 19.6 Å². The maximum absolute atomic E-state index is 5.13. The van der Waals surface area contributed by atoms with E-state index in [1.807, 2.05) is 31.6 Å². The fourth-order valence-electron chi connectivity index (χ4n) is 1.72. The molecular weight excluding hydrogens is 214 g/mol. The van der Waals surface area contributed by atoms with Crippen LogP contribution in [0.3, 0.4) is 0 Å². The molecule has 94 valence electrons. The molecule has 1 N–H and O–H groups in total. The Balaban J connectivity index is 2.86. The van der Waals surface area contributed by atoms with Crippen LogP contribution >= 0.6 is 0 Å². The minimum absolute atomic E-state index is 0.704. The van der Waals surface area contributed by atoms with Gasteiger partial charge in [0.2, 0.25) is 0 Å². The summed E-state index contributed by atoms with van der Waals surface area (Å²) in [6, 6.07) is 2.03. The van der Waals surface area contributed by atoms with Crippen LogP contribution in [-0.2, 0) is 11.3 Å². The molecule has 1 heterocycles. The van der Waals surface area contributed by atoms with Crippen molar-refractivity contribution in [2.75, 3.05) is 38.8 Å². The van der Waals surface area contributed by atoms with Crippen LogP contribution in [0.25, 0.3) is 0 Å². The van der Waals surface area contributed by atoms with Gasteiger partial charge in [0.25, 0.3) is 0 Å². The summed E-state index contributed by atoms with van der Waals surface area (Å²) in [5.41, 5.74) is 2.37. The lowest BCUT2D eigenvalue weighted by atomic mass is 10.2. The smallest absolute Gasteiger partial charge is 0.0637 e. The summed E-state index contributed by atoms with van der Waals surface area (Å²) in [7, 11) is 3.65. The number of methoxy groups -OCH3 is 1. The summed E-state index contributed by atoms with van der Waals surface area (Å²) in [6.45, 7) is 6.97. The van der Waals surface area contributed by atoms with Gasteiger partial charge in [-0.25, -0.2) is 0 Å². The van der Waals surface area contributed by atoms with Crippen LogP contribution in [0, 0.1) is 0 Å². The molecule has 0 bridgehead atoms. The van der Waals surface area contributed by atoms with E-state index in [1.54, 1.807) is 7.11 Å². The maximum Gasteiger partial charge on any atom is 0.0637 e. The molecule has 4 nitrogen and oxygen atoms in total. The van der Waals surface area contributed by atoms with Crippen molar-refractivity contribution < 1.29 is 4.74 Å². The molecule has 17 heavy (non-hydrogen) atoms. The molecule has 4 heteroatoms. The lowest BCUT2D eigenvalue weighted by Crippen LogP contribution is -2.28. The van der Waals surface area contributed by atoms with Crippen LogP contribution in [0.1, 0.15) is 5.56 Å². The van der Waals surface area contributed by atoms with E-state index in [4.69, 9.17) is 4.74 Å². The van der Waals surface area contributed by atoms with E-state index in [1.165, 1.54) is 11.3 Å². The molecule has 0 fully saturated rings. The molecule has 0 saturated heterocycles. The number of nitrogens with one attached hydrogen (secondary N) is 1. The second-order valence-electron chi connectivity index (χ2n) is 3.76. The van der Waals surface area contributed by atoms with E-state index >= 15 is 0 Å². The predicted octanol–water partition coefficient (Wildman–Crippen LogP) is 1.44. The van der Waals surface area contributed by atoms with E-state index in [2.05, 4.69) is 21.8 Å². The monoisotopic (exact) mass is 235 g/mol. The molecule has 0 spiro atoms. The highest BCUT2D eigenvalue weighted by molar-refractivity contribution is 5.52. The Morgan fingerprint density at radius 2 is 2.41 bits per heavy atom. The Morgan fingerprint density at radius 1 is 1.59 bits per heavy atom. The van der Waals surface area contributed by atoms with Gasteiger partial charge in [-0.3, -0.25) is 4.98 Å². The number of nitrogens with zero attached hydrogens (tertiary/aromatic N) is 2. The third-order valence-electron chi connectivity index (χ3n) is 2.50. The minimum atomic E-state index is 0.704. The number of rotatable bonds is 8. The fourth-order valence-corrected chi connectivity index (χ4v) is 1.72. The maximum atomic E-state index is 5.13. The van der Waals surface area contributed by atoms with Gasteiger partial charge in [0.05, 0.1) is 6.61 Å². The highest BCUT2D eigenvalue weighted by Gasteiger charge is 2.09. The van der Waals surface area contributed by atoms with Gasteiger partial charge in [0.15, 0.2) is 0 Å². The Hall–Kier alpha value is -1.39. The second kappa shape index (κ2) is 7.81. The van der Waals surface area contributed by atoms with Crippen LogP contribution in [0.5, 0.6) is 0 Å². The van der Waals surface area contributed by atoms with Crippen molar-refractivity contribution >= 4 is 5.69 Å². The van der Waals surface area contributed by atoms with Gasteiger partial charge in [-0.15, -0.1) is 6.58 Å². The van der Waals surface area contributed by atoms with Crippen LogP contribution in [0.2, 0.25) is 0 Å². The molecule has 0 aromatic carbocycles. The molecule has 0 aliphatic heterocycles. The highest BCUT2D eigenvalue weighted by Crippen LogP contribution is 2.18. The molecule has 0 atom stereocenters. The second-order valence-corrected chi connectivity index (χ2v) is 3.76. The van der Waals surface area contributed by atoms with Crippen LogP contribution in [0.4, 0.5) is 5.69 Å². The number of pyridine rings is 1. The number of ether oxygens (including phenoxy) is 1. The summed E-state index contributed by atoms with van der Waals surface area (Å²) in [6.07, 6.45) is 5.62. The van der Waals surface area contributed by atoms with Crippen molar-refractivity contribution in [3.63, 3.8) is 0 Å². The van der Waals surface area contributed by atoms with Gasteiger partial charge in [-0.05, 0) is 13.1 Å². The SMILES string of the molecule is C=CCN(CCOC)c1ccncc1CNC. The van der Waals surface area contributed by atoms with E-state index < -0.39 is 0 Å². The third-order valence-corrected chi connectivity index (χ3v) is 2.50. The van der Waals surface area contributed by atoms with Crippen molar-refractivity contribution in [2.45, 2.75) is 6.54 Å². The van der Waals surface area contributed by atoms with E-state index in [-0.39, 0.29) is 0 Å². The largest absolute Gasteiger partial charge is 0.383 e. The minimum Gasteiger partial charge on any atom is -0.383 e. The van der Waals surface area contributed by atoms with Crippen molar-refractivity contribution in [3.8, 4) is 0 Å². The summed E-state index contributed by atoms with van der Waals surface area (Å²) in [5.74, 6) is 0. The number of hydrogen-bond donors (Lipinski definition) is 1. The summed E-state index contributed by atoms with van der Waals surface area (Å²) in [4.78, 5) is 6.40. The van der Waals surface area contributed by atoms with E-state index in [0.29, 0.717) is 6.61 Å². The van der Waals surface area contributed by atoms with E-state index in [9.17, 15) is 0 Å². The Morgan fingerprint density at radius 3 is 3.06 bits per heavy atom. The van der Waals surface area contributed by atoms with Crippen molar-refractivity contribution in [3.05, 3.63) is 36.7 Å². The molecule has 0 aliphatic rings. The molecule has 0 saturated carbocycles. The third kappa shape index (κ3) is 4.17. The summed E-state index contributed by atoms with van der Waals surface area (Å²) >= 11 is 0. The molecule has 1 aromatic heterocycles. The first kappa shape index (κ1) is 13.7.